The van der Waals surface area contributed by atoms with Gasteiger partial charge in [0.25, 0.3) is 0 Å². The molecule has 1 N–H and O–H groups in total. The van der Waals surface area contributed by atoms with Gasteiger partial charge in [0.05, 0.1) is 17.1 Å². The van der Waals surface area contributed by atoms with Crippen molar-refractivity contribution in [2.24, 2.45) is 5.92 Å². The summed E-state index contributed by atoms with van der Waals surface area (Å²) in [4.78, 5) is 25.6. The fraction of sp³-hybridized carbons (Fsp3) is 0.412. The first-order valence-electron chi connectivity index (χ1n) is 7.75. The van der Waals surface area contributed by atoms with Crippen LogP contribution in [0.1, 0.15) is 24.8 Å². The van der Waals surface area contributed by atoms with Crippen molar-refractivity contribution in [1.82, 2.24) is 4.90 Å². The molecule has 1 aromatic rings. The smallest absolute Gasteiger partial charge is 0.336 e. The molecule has 0 bridgehead atoms. The van der Waals surface area contributed by atoms with E-state index in [1.54, 1.807) is 0 Å². The zero-order valence-corrected chi connectivity index (χ0v) is 14.3. The van der Waals surface area contributed by atoms with Crippen LogP contribution in [0, 0.1) is 5.92 Å². The van der Waals surface area contributed by atoms with Gasteiger partial charge in [0, 0.05) is 18.7 Å². The van der Waals surface area contributed by atoms with E-state index < -0.39 is 22.7 Å². The highest BCUT2D eigenvalue weighted by Crippen LogP contribution is 2.36. The van der Waals surface area contributed by atoms with Crippen molar-refractivity contribution in [1.29, 1.82) is 0 Å². The summed E-state index contributed by atoms with van der Waals surface area (Å²) in [5.74, 6) is -0.876. The summed E-state index contributed by atoms with van der Waals surface area (Å²) in [6.07, 6.45) is 1.52. The lowest BCUT2D eigenvalue weighted by Crippen LogP contribution is -2.38. The third-order valence-electron chi connectivity index (χ3n) is 3.93. The van der Waals surface area contributed by atoms with Gasteiger partial charge in [0.15, 0.2) is 0 Å². The molecule has 0 spiro atoms. The molecule has 0 heterocycles. The van der Waals surface area contributed by atoms with E-state index >= 15 is 0 Å². The lowest BCUT2D eigenvalue weighted by Gasteiger charge is -2.24. The second-order valence-corrected chi connectivity index (χ2v) is 6.32. The van der Waals surface area contributed by atoms with E-state index in [1.807, 2.05) is 12.2 Å². The Morgan fingerprint density at radius 2 is 2.04 bits per heavy atom. The van der Waals surface area contributed by atoms with Gasteiger partial charge in [-0.15, -0.1) is 0 Å². The van der Waals surface area contributed by atoms with Gasteiger partial charge < -0.3 is 10.2 Å². The number of rotatable bonds is 4. The lowest BCUT2D eigenvalue weighted by atomic mass is 9.93. The van der Waals surface area contributed by atoms with Gasteiger partial charge in [-0.1, -0.05) is 23.8 Å². The Balaban J connectivity index is 1.98. The summed E-state index contributed by atoms with van der Waals surface area (Å²) >= 11 is 5.54. The molecule has 0 aromatic heterocycles. The highest BCUT2D eigenvalue weighted by molar-refractivity contribution is 6.31. The molecular formula is C17H18ClF3N2O2. The predicted octanol–water partition coefficient (Wildman–Crippen LogP) is 4.11. The maximum absolute atomic E-state index is 12.8. The zero-order chi connectivity index (χ0) is 18.6. The van der Waals surface area contributed by atoms with Crippen LogP contribution in [0.5, 0.6) is 0 Å². The molecule has 0 radical (unpaired) electrons. The first-order chi connectivity index (χ1) is 11.7. The largest absolute Gasteiger partial charge is 0.417 e. The van der Waals surface area contributed by atoms with Crippen LogP contribution in [-0.2, 0) is 15.8 Å². The minimum absolute atomic E-state index is 0.0248. The molecular weight excluding hydrogens is 357 g/mol. The minimum atomic E-state index is -4.61. The average molecular weight is 375 g/mol. The van der Waals surface area contributed by atoms with Crippen molar-refractivity contribution in [2.45, 2.75) is 25.4 Å². The summed E-state index contributed by atoms with van der Waals surface area (Å²) in [5, 5.41) is 1.92. The minimum Gasteiger partial charge on any atom is -0.336 e. The number of hydrogen-bond donors (Lipinski definition) is 1. The molecule has 0 fully saturated rings. The maximum Gasteiger partial charge on any atom is 0.417 e. The van der Waals surface area contributed by atoms with Gasteiger partial charge in [-0.2, -0.15) is 13.2 Å². The zero-order valence-electron chi connectivity index (χ0n) is 13.6. The van der Waals surface area contributed by atoms with Crippen LogP contribution in [0.25, 0.3) is 0 Å². The molecule has 0 aliphatic heterocycles. The van der Waals surface area contributed by atoms with E-state index in [-0.39, 0.29) is 24.1 Å². The number of halogens is 4. The van der Waals surface area contributed by atoms with Gasteiger partial charge in [0.1, 0.15) is 0 Å². The number of anilines is 1. The molecule has 2 amide bonds. The third-order valence-corrected chi connectivity index (χ3v) is 4.26. The first-order valence-corrected chi connectivity index (χ1v) is 8.13. The first kappa shape index (κ1) is 19.3. The van der Waals surface area contributed by atoms with Crippen molar-refractivity contribution in [2.75, 3.05) is 18.9 Å². The lowest BCUT2D eigenvalue weighted by molar-refractivity contribution is -0.137. The monoisotopic (exact) mass is 374 g/mol. The van der Waals surface area contributed by atoms with Crippen molar-refractivity contribution < 1.29 is 22.8 Å². The molecule has 0 saturated heterocycles. The highest BCUT2D eigenvalue weighted by Gasteiger charge is 2.33. The second-order valence-electron chi connectivity index (χ2n) is 5.92. The number of nitrogens with zero attached hydrogens (tertiary/aromatic N) is 1. The molecule has 4 nitrogen and oxygen atoms in total. The average Bonchev–Trinajstić information content (AvgIpc) is 2.55. The fourth-order valence-corrected chi connectivity index (χ4v) is 2.87. The highest BCUT2D eigenvalue weighted by atomic mass is 35.5. The van der Waals surface area contributed by atoms with E-state index in [9.17, 15) is 22.8 Å². The van der Waals surface area contributed by atoms with Crippen LogP contribution in [-0.4, -0.2) is 30.3 Å². The van der Waals surface area contributed by atoms with Crippen molar-refractivity contribution >= 4 is 29.1 Å². The molecule has 1 aliphatic carbocycles. The number of likely N-dealkylation sites (N-methyl/N-ethyl adjacent to an activating group) is 1. The molecule has 25 heavy (non-hydrogen) atoms. The topological polar surface area (TPSA) is 49.4 Å². The number of allylic oxidation sites excluding steroid dienone is 2. The second kappa shape index (κ2) is 7.91. The number of benzene rings is 1. The molecule has 8 heteroatoms. The summed E-state index contributed by atoms with van der Waals surface area (Å²) in [5.41, 5.74) is -1.05. The Kier molecular flexibility index (Phi) is 6.11. The Labute approximate surface area is 148 Å². The Morgan fingerprint density at radius 1 is 1.32 bits per heavy atom. The number of alkyl halides is 3. The van der Waals surface area contributed by atoms with Crippen LogP contribution in [0.15, 0.2) is 30.4 Å². The van der Waals surface area contributed by atoms with E-state index in [0.717, 1.165) is 25.0 Å². The molecule has 2 rings (SSSR count). The molecule has 0 unspecified atom stereocenters. The molecule has 136 valence electrons. The summed E-state index contributed by atoms with van der Waals surface area (Å²) in [7, 11) is 1.50. The predicted molar refractivity (Wildman–Crippen MR) is 89.2 cm³/mol. The maximum atomic E-state index is 12.8. The van der Waals surface area contributed by atoms with Gasteiger partial charge in [0.2, 0.25) is 11.8 Å². The van der Waals surface area contributed by atoms with Crippen molar-refractivity contribution in [3.63, 3.8) is 0 Å². The number of nitrogens with one attached hydrogen (secondary N) is 1. The van der Waals surface area contributed by atoms with E-state index in [4.69, 9.17) is 11.6 Å². The molecule has 1 aromatic carbocycles. The summed E-state index contributed by atoms with van der Waals surface area (Å²) in [6.45, 7) is -0.233. The molecule has 1 atom stereocenters. The van der Waals surface area contributed by atoms with Gasteiger partial charge >= 0.3 is 6.18 Å². The quantitative estimate of drug-likeness (QED) is 0.806. The van der Waals surface area contributed by atoms with Crippen LogP contribution in [0.3, 0.4) is 0 Å². The van der Waals surface area contributed by atoms with Crippen molar-refractivity contribution in [3.05, 3.63) is 40.9 Å². The Hall–Kier alpha value is -2.02. The Bertz CT molecular complexity index is 689. The summed E-state index contributed by atoms with van der Waals surface area (Å²) < 4.78 is 38.5. The van der Waals surface area contributed by atoms with E-state index in [1.165, 1.54) is 18.0 Å². The molecule has 0 saturated carbocycles. The van der Waals surface area contributed by atoms with Gasteiger partial charge in [-0.05, 0) is 37.5 Å². The van der Waals surface area contributed by atoms with Crippen LogP contribution in [0.4, 0.5) is 18.9 Å². The van der Waals surface area contributed by atoms with Crippen LogP contribution in [0.2, 0.25) is 5.02 Å². The number of amides is 2. The SMILES string of the molecule is CN(CC(=O)Nc1ccc(Cl)c(C(F)(F)F)c1)C(=O)[C@@H]1CC=CCC1. The fourth-order valence-electron chi connectivity index (χ4n) is 2.64. The third kappa shape index (κ3) is 5.22. The molecule has 1 aliphatic rings. The van der Waals surface area contributed by atoms with E-state index in [2.05, 4.69) is 5.32 Å². The van der Waals surface area contributed by atoms with E-state index in [0.29, 0.717) is 6.42 Å². The number of carbonyl (C=O) groups excluding carboxylic acids is 2. The van der Waals surface area contributed by atoms with Crippen LogP contribution < -0.4 is 5.32 Å². The Morgan fingerprint density at radius 3 is 2.64 bits per heavy atom. The van der Waals surface area contributed by atoms with Crippen LogP contribution >= 0.6 is 11.6 Å². The van der Waals surface area contributed by atoms with Crippen molar-refractivity contribution in [3.8, 4) is 0 Å². The normalized spacial score (nSPS) is 17.2. The number of carbonyl (C=O) groups is 2. The standard InChI is InChI=1S/C17H18ClF3N2O2/c1-23(16(25)11-5-3-2-4-6-11)10-15(24)22-12-7-8-14(18)13(9-12)17(19,20)21/h2-3,7-9,11H,4-6,10H2,1H3,(H,22,24)/t11-/m1/s1. The summed E-state index contributed by atoms with van der Waals surface area (Å²) in [6, 6.07) is 3.13. The van der Waals surface area contributed by atoms with Gasteiger partial charge in [-0.3, -0.25) is 9.59 Å². The number of hydrogen-bond acceptors (Lipinski definition) is 2. The van der Waals surface area contributed by atoms with Gasteiger partial charge in [-0.25, -0.2) is 0 Å².